The van der Waals surface area contributed by atoms with Gasteiger partial charge in [0.1, 0.15) is 11.7 Å². The summed E-state index contributed by atoms with van der Waals surface area (Å²) < 4.78 is 0. The van der Waals surface area contributed by atoms with Gasteiger partial charge in [0.15, 0.2) is 0 Å². The molecule has 4 rings (SSSR count). The molecule has 0 amide bonds. The zero-order chi connectivity index (χ0) is 19.0. The molecule has 3 aromatic carbocycles. The van der Waals surface area contributed by atoms with Crippen LogP contribution in [-0.2, 0) is 0 Å². The van der Waals surface area contributed by atoms with Crippen molar-refractivity contribution in [2.24, 2.45) is 11.5 Å². The van der Waals surface area contributed by atoms with Crippen molar-refractivity contribution in [3.05, 3.63) is 83.9 Å². The van der Waals surface area contributed by atoms with Crippen LogP contribution in [0.2, 0.25) is 0 Å². The summed E-state index contributed by atoms with van der Waals surface area (Å²) >= 11 is 0. The van der Waals surface area contributed by atoms with Crippen molar-refractivity contribution in [3.8, 4) is 22.4 Å². The third-order valence-electron chi connectivity index (χ3n) is 4.64. The smallest absolute Gasteiger partial charge is 0.123 e. The number of aromatic amines is 1. The molecule has 0 atom stereocenters. The van der Waals surface area contributed by atoms with Crippen LogP contribution < -0.4 is 11.5 Å². The number of nitrogen functional groups attached to an aromatic ring is 2. The fourth-order valence-electron chi connectivity index (χ4n) is 3.24. The van der Waals surface area contributed by atoms with Gasteiger partial charge in [-0.25, -0.2) is 0 Å². The van der Waals surface area contributed by atoms with E-state index in [1.807, 2.05) is 30.3 Å². The lowest BCUT2D eigenvalue weighted by atomic mass is 10.0. The first-order valence-corrected chi connectivity index (χ1v) is 8.54. The van der Waals surface area contributed by atoms with Crippen LogP contribution in [0.25, 0.3) is 33.3 Å². The van der Waals surface area contributed by atoms with E-state index in [1.54, 1.807) is 6.07 Å². The fraction of sp³-hybridized carbons (Fsp3) is 0. The van der Waals surface area contributed by atoms with Crippen LogP contribution in [0.15, 0.2) is 72.8 Å². The molecular weight excluding hydrogens is 405 g/mol. The molecule has 0 bridgehead atoms. The summed E-state index contributed by atoms with van der Waals surface area (Å²) in [4.78, 5) is 3.36. The number of aromatic nitrogens is 1. The van der Waals surface area contributed by atoms with Crippen LogP contribution in [-0.4, -0.2) is 16.7 Å². The van der Waals surface area contributed by atoms with E-state index in [2.05, 4.69) is 41.4 Å². The Labute approximate surface area is 181 Å². The predicted molar refractivity (Wildman–Crippen MR) is 126 cm³/mol. The molecule has 0 saturated carbocycles. The maximum Gasteiger partial charge on any atom is 0.123 e. The van der Waals surface area contributed by atoms with Gasteiger partial charge in [0, 0.05) is 27.7 Å². The maximum absolute atomic E-state index is 7.84. The van der Waals surface area contributed by atoms with E-state index in [-0.39, 0.29) is 36.5 Å². The van der Waals surface area contributed by atoms with Crippen LogP contribution in [0, 0.1) is 10.8 Å². The number of rotatable bonds is 4. The lowest BCUT2D eigenvalue weighted by Gasteiger charge is -2.04. The quantitative estimate of drug-likeness (QED) is 0.236. The standard InChI is InChI=1S/C22H19N5.2ClH/c23-21(24)16-10-18(22(25)26)17-12-19(27-20(17)11-16)15-8-6-14(7-9-15)13-4-2-1-3-5-13;;/h1-12,27H,(H3,23,24)(H3,25,26);2*1H. The summed E-state index contributed by atoms with van der Waals surface area (Å²) in [6, 6.07) is 24.0. The molecule has 1 aromatic heterocycles. The summed E-state index contributed by atoms with van der Waals surface area (Å²) in [5, 5.41) is 16.4. The monoisotopic (exact) mass is 425 g/mol. The van der Waals surface area contributed by atoms with Gasteiger partial charge in [0.05, 0.1) is 0 Å². The molecule has 0 radical (unpaired) electrons. The Hall–Kier alpha value is -3.28. The summed E-state index contributed by atoms with van der Waals surface area (Å²) in [5.41, 5.74) is 17.6. The number of nitrogens with two attached hydrogens (primary N) is 2. The topological polar surface area (TPSA) is 116 Å². The van der Waals surface area contributed by atoms with Crippen molar-refractivity contribution in [2.75, 3.05) is 0 Å². The van der Waals surface area contributed by atoms with E-state index in [9.17, 15) is 0 Å². The molecule has 148 valence electrons. The second-order valence-electron chi connectivity index (χ2n) is 6.44. The highest BCUT2D eigenvalue weighted by Crippen LogP contribution is 2.29. The average Bonchev–Trinajstić information content (AvgIpc) is 3.12. The second-order valence-corrected chi connectivity index (χ2v) is 6.44. The fourth-order valence-corrected chi connectivity index (χ4v) is 3.24. The number of nitrogens with one attached hydrogen (secondary N) is 3. The van der Waals surface area contributed by atoms with Crippen molar-refractivity contribution in [1.82, 2.24) is 4.98 Å². The minimum atomic E-state index is -0.0530. The van der Waals surface area contributed by atoms with Gasteiger partial charge in [-0.3, -0.25) is 10.8 Å². The van der Waals surface area contributed by atoms with E-state index >= 15 is 0 Å². The molecule has 1 heterocycles. The number of fused-ring (bicyclic) bond motifs is 1. The van der Waals surface area contributed by atoms with Crippen LogP contribution in [0.3, 0.4) is 0 Å². The predicted octanol–water partition coefficient (Wildman–Crippen LogP) is 4.91. The van der Waals surface area contributed by atoms with Crippen molar-refractivity contribution in [1.29, 1.82) is 10.8 Å². The highest BCUT2D eigenvalue weighted by Gasteiger charge is 2.12. The largest absolute Gasteiger partial charge is 0.384 e. The Morgan fingerprint density at radius 3 is 1.86 bits per heavy atom. The van der Waals surface area contributed by atoms with E-state index < -0.39 is 0 Å². The molecule has 0 unspecified atom stereocenters. The molecule has 29 heavy (non-hydrogen) atoms. The van der Waals surface area contributed by atoms with Crippen molar-refractivity contribution in [2.45, 2.75) is 0 Å². The van der Waals surface area contributed by atoms with E-state index in [0.29, 0.717) is 11.1 Å². The highest BCUT2D eigenvalue weighted by atomic mass is 35.5. The molecule has 7 heteroatoms. The number of H-pyrrole nitrogens is 1. The zero-order valence-electron chi connectivity index (χ0n) is 15.4. The third kappa shape index (κ3) is 4.26. The first kappa shape index (κ1) is 22.0. The molecule has 4 aromatic rings. The Morgan fingerprint density at radius 2 is 1.28 bits per heavy atom. The van der Waals surface area contributed by atoms with Crippen molar-refractivity contribution < 1.29 is 0 Å². The summed E-state index contributed by atoms with van der Waals surface area (Å²) in [7, 11) is 0. The van der Waals surface area contributed by atoms with Crippen LogP contribution in [0.5, 0.6) is 0 Å². The van der Waals surface area contributed by atoms with E-state index in [4.69, 9.17) is 22.3 Å². The van der Waals surface area contributed by atoms with Gasteiger partial charge in [-0.1, -0.05) is 54.6 Å². The Kier molecular flexibility index (Phi) is 6.69. The van der Waals surface area contributed by atoms with E-state index in [1.165, 1.54) is 5.56 Å². The Balaban J connectivity index is 0.00000150. The van der Waals surface area contributed by atoms with Crippen LogP contribution in [0.1, 0.15) is 11.1 Å². The molecule has 0 spiro atoms. The minimum absolute atomic E-state index is 0. The van der Waals surface area contributed by atoms with Gasteiger partial charge in [0.25, 0.3) is 0 Å². The SMILES string of the molecule is Cl.Cl.N=C(N)c1cc(C(=N)N)c2cc(-c3ccc(-c4ccccc4)cc3)[nH]c2c1. The lowest BCUT2D eigenvalue weighted by molar-refractivity contribution is 1.40. The second kappa shape index (κ2) is 8.82. The number of hydrogen-bond acceptors (Lipinski definition) is 2. The van der Waals surface area contributed by atoms with Gasteiger partial charge < -0.3 is 16.5 Å². The zero-order valence-corrected chi connectivity index (χ0v) is 17.0. The molecule has 0 aliphatic rings. The average molecular weight is 426 g/mol. The highest BCUT2D eigenvalue weighted by molar-refractivity contribution is 6.11. The first-order valence-electron chi connectivity index (χ1n) is 8.54. The molecular formula is C22H21Cl2N5. The molecule has 0 aliphatic heterocycles. The molecule has 0 fully saturated rings. The molecule has 0 aliphatic carbocycles. The van der Waals surface area contributed by atoms with Gasteiger partial charge in [0.2, 0.25) is 0 Å². The number of halogens is 2. The minimum Gasteiger partial charge on any atom is -0.384 e. The van der Waals surface area contributed by atoms with Crippen LogP contribution in [0.4, 0.5) is 0 Å². The number of amidine groups is 2. The first-order chi connectivity index (χ1) is 13.0. The van der Waals surface area contributed by atoms with Crippen molar-refractivity contribution in [3.63, 3.8) is 0 Å². The molecule has 5 nitrogen and oxygen atoms in total. The lowest BCUT2D eigenvalue weighted by Crippen LogP contribution is -2.15. The number of benzene rings is 3. The summed E-state index contributed by atoms with van der Waals surface area (Å²) in [6.07, 6.45) is 0. The Bertz CT molecular complexity index is 1170. The van der Waals surface area contributed by atoms with Crippen LogP contribution >= 0.6 is 24.8 Å². The Morgan fingerprint density at radius 1 is 0.690 bits per heavy atom. The van der Waals surface area contributed by atoms with Gasteiger partial charge in [-0.15, -0.1) is 24.8 Å². The number of hydrogen-bond donors (Lipinski definition) is 5. The van der Waals surface area contributed by atoms with Gasteiger partial charge >= 0.3 is 0 Å². The molecule has 7 N–H and O–H groups in total. The summed E-state index contributed by atoms with van der Waals surface area (Å²) in [6.45, 7) is 0. The van der Waals surface area contributed by atoms with Gasteiger partial charge in [-0.05, 0) is 34.9 Å². The third-order valence-corrected chi connectivity index (χ3v) is 4.64. The normalized spacial score (nSPS) is 10.1. The van der Waals surface area contributed by atoms with E-state index in [0.717, 1.165) is 27.7 Å². The molecule has 0 saturated heterocycles. The van der Waals surface area contributed by atoms with Crippen molar-refractivity contribution >= 4 is 47.4 Å². The maximum atomic E-state index is 7.84. The van der Waals surface area contributed by atoms with Gasteiger partial charge in [-0.2, -0.15) is 0 Å². The summed E-state index contributed by atoms with van der Waals surface area (Å²) in [5.74, 6) is -0.101.